The zero-order chi connectivity index (χ0) is 20.3. The highest BCUT2D eigenvalue weighted by molar-refractivity contribution is 5.57. The number of fused-ring (bicyclic) bond motifs is 1. The van der Waals surface area contributed by atoms with Gasteiger partial charge in [0.05, 0.1) is 6.26 Å². The topological polar surface area (TPSA) is 110 Å². The third-order valence-electron chi connectivity index (χ3n) is 5.50. The van der Waals surface area contributed by atoms with Gasteiger partial charge < -0.3 is 15.5 Å². The average Bonchev–Trinajstić information content (AvgIpc) is 3.46. The summed E-state index contributed by atoms with van der Waals surface area (Å²) >= 11 is 0. The van der Waals surface area contributed by atoms with E-state index in [1.807, 2.05) is 24.4 Å². The monoisotopic (exact) mass is 404 g/mol. The van der Waals surface area contributed by atoms with Gasteiger partial charge in [-0.2, -0.15) is 4.52 Å². The quantitative estimate of drug-likeness (QED) is 0.503. The molecule has 0 unspecified atom stereocenters. The summed E-state index contributed by atoms with van der Waals surface area (Å²) in [5.74, 6) is 1.45. The van der Waals surface area contributed by atoms with Crippen molar-refractivity contribution < 1.29 is 4.42 Å². The van der Waals surface area contributed by atoms with Gasteiger partial charge in [-0.15, -0.1) is 5.10 Å². The normalized spacial score (nSPS) is 15.7. The Kier molecular flexibility index (Phi) is 5.12. The number of pyridine rings is 1. The van der Waals surface area contributed by atoms with E-state index in [0.717, 1.165) is 50.2 Å². The van der Waals surface area contributed by atoms with Crippen LogP contribution in [0, 0.1) is 0 Å². The summed E-state index contributed by atoms with van der Waals surface area (Å²) in [6.07, 6.45) is 9.33. The third kappa shape index (κ3) is 3.89. The lowest BCUT2D eigenvalue weighted by Gasteiger charge is -2.32. The molecule has 0 atom stereocenters. The fraction of sp³-hybridized carbons (Fsp3) is 0.333. The van der Waals surface area contributed by atoms with Crippen LogP contribution < -0.4 is 11.1 Å². The summed E-state index contributed by atoms with van der Waals surface area (Å²) in [4.78, 5) is 15.6. The molecule has 0 spiro atoms. The highest BCUT2D eigenvalue weighted by Crippen LogP contribution is 2.21. The van der Waals surface area contributed by atoms with Crippen molar-refractivity contribution in [3.63, 3.8) is 0 Å². The zero-order valence-corrected chi connectivity index (χ0v) is 16.6. The third-order valence-corrected chi connectivity index (χ3v) is 5.50. The van der Waals surface area contributed by atoms with E-state index in [4.69, 9.17) is 10.2 Å². The number of rotatable bonds is 6. The van der Waals surface area contributed by atoms with Gasteiger partial charge >= 0.3 is 0 Å². The number of nitrogen functional groups attached to an aromatic ring is 1. The number of hydrogen-bond acceptors (Lipinski definition) is 8. The predicted octanol–water partition coefficient (Wildman–Crippen LogP) is 2.12. The molecule has 30 heavy (non-hydrogen) atoms. The second kappa shape index (κ2) is 8.21. The summed E-state index contributed by atoms with van der Waals surface area (Å²) in [6.45, 7) is 3.65. The molecule has 4 aromatic heterocycles. The maximum atomic E-state index is 6.02. The molecule has 154 valence electrons. The van der Waals surface area contributed by atoms with Crippen molar-refractivity contribution in [3.8, 4) is 11.6 Å². The van der Waals surface area contributed by atoms with E-state index in [2.05, 4.69) is 36.3 Å². The lowest BCUT2D eigenvalue weighted by atomic mass is 10.0. The second-order valence-corrected chi connectivity index (χ2v) is 7.58. The van der Waals surface area contributed by atoms with E-state index in [1.165, 1.54) is 5.56 Å². The van der Waals surface area contributed by atoms with Crippen LogP contribution in [0.3, 0.4) is 0 Å². The lowest BCUT2D eigenvalue weighted by Crippen LogP contribution is -2.42. The number of piperidine rings is 1. The van der Waals surface area contributed by atoms with Crippen LogP contribution in [0.1, 0.15) is 24.0 Å². The van der Waals surface area contributed by atoms with Crippen molar-refractivity contribution >= 4 is 11.6 Å². The molecule has 9 heteroatoms. The average molecular weight is 404 g/mol. The van der Waals surface area contributed by atoms with Gasteiger partial charge in [0.2, 0.25) is 11.8 Å². The summed E-state index contributed by atoms with van der Waals surface area (Å²) in [5, 5.41) is 8.11. The molecule has 0 aliphatic carbocycles. The molecule has 0 amide bonds. The molecule has 9 nitrogen and oxygen atoms in total. The maximum absolute atomic E-state index is 6.02. The molecule has 5 heterocycles. The predicted molar refractivity (Wildman–Crippen MR) is 112 cm³/mol. The largest absolute Gasteiger partial charge is 0.461 e. The molecule has 3 N–H and O–H groups in total. The first-order valence-corrected chi connectivity index (χ1v) is 10.1. The SMILES string of the molecule is Nc1ncc(CN2CCC(NCc3cccnc3)CC2)c2nc(-c3ccco3)nn12. The van der Waals surface area contributed by atoms with Crippen molar-refractivity contribution in [2.75, 3.05) is 18.8 Å². The molecular formula is C21H24N8O. The number of furan rings is 1. The van der Waals surface area contributed by atoms with E-state index in [1.54, 1.807) is 23.2 Å². The summed E-state index contributed by atoms with van der Waals surface area (Å²) in [6, 6.07) is 8.24. The second-order valence-electron chi connectivity index (χ2n) is 7.58. The van der Waals surface area contributed by atoms with Crippen molar-refractivity contribution in [2.24, 2.45) is 0 Å². The molecule has 1 saturated heterocycles. The Morgan fingerprint density at radius 2 is 2.07 bits per heavy atom. The molecule has 0 aromatic carbocycles. The molecule has 4 aromatic rings. The number of hydrogen-bond donors (Lipinski definition) is 2. The number of likely N-dealkylation sites (tertiary alicyclic amines) is 1. The Morgan fingerprint density at radius 1 is 1.17 bits per heavy atom. The molecule has 0 bridgehead atoms. The van der Waals surface area contributed by atoms with Crippen LogP contribution >= 0.6 is 0 Å². The van der Waals surface area contributed by atoms with E-state index in [-0.39, 0.29) is 0 Å². The van der Waals surface area contributed by atoms with Crippen LogP contribution in [0.4, 0.5) is 5.95 Å². The smallest absolute Gasteiger partial charge is 0.223 e. The molecule has 1 aliphatic heterocycles. The Balaban J connectivity index is 1.24. The van der Waals surface area contributed by atoms with Crippen LogP contribution in [0.5, 0.6) is 0 Å². The first kappa shape index (κ1) is 18.7. The number of nitrogens with one attached hydrogen (secondary N) is 1. The fourth-order valence-electron chi connectivity index (χ4n) is 3.86. The summed E-state index contributed by atoms with van der Waals surface area (Å²) < 4.78 is 7.02. The Hall–Kier alpha value is -3.30. The number of nitrogens with two attached hydrogens (primary N) is 1. The van der Waals surface area contributed by atoms with Gasteiger partial charge in [0.15, 0.2) is 11.4 Å². The minimum atomic E-state index is 0.317. The number of aromatic nitrogens is 5. The van der Waals surface area contributed by atoms with Gasteiger partial charge in [-0.05, 0) is 49.7 Å². The van der Waals surface area contributed by atoms with Gasteiger partial charge in [0, 0.05) is 43.3 Å². The fourth-order valence-corrected chi connectivity index (χ4v) is 3.86. The number of anilines is 1. The highest BCUT2D eigenvalue weighted by atomic mass is 16.3. The van der Waals surface area contributed by atoms with Crippen LogP contribution in [-0.4, -0.2) is 48.6 Å². The van der Waals surface area contributed by atoms with Gasteiger partial charge in [0.1, 0.15) is 0 Å². The maximum Gasteiger partial charge on any atom is 0.223 e. The first-order valence-electron chi connectivity index (χ1n) is 10.1. The standard InChI is InChI=1S/C21H24N8O/c22-21-25-13-16(20-26-19(27-29(20)21)18-4-2-10-30-18)14-28-8-5-17(6-9-28)24-12-15-3-1-7-23-11-15/h1-4,7,10-11,13,17,24H,5-6,8-9,12,14H2,(H2,22,25). The Morgan fingerprint density at radius 3 is 2.83 bits per heavy atom. The molecule has 0 radical (unpaired) electrons. The van der Waals surface area contributed by atoms with Crippen LogP contribution in [0.15, 0.2) is 53.5 Å². The zero-order valence-electron chi connectivity index (χ0n) is 16.6. The molecule has 5 rings (SSSR count). The van der Waals surface area contributed by atoms with Crippen LogP contribution in [0.2, 0.25) is 0 Å². The van der Waals surface area contributed by atoms with Crippen molar-refractivity contribution in [1.82, 2.24) is 34.8 Å². The molecule has 0 saturated carbocycles. The van der Waals surface area contributed by atoms with Gasteiger partial charge in [-0.25, -0.2) is 9.97 Å². The Labute approximate surface area is 174 Å². The van der Waals surface area contributed by atoms with Crippen molar-refractivity contribution in [3.05, 3.63) is 60.2 Å². The van der Waals surface area contributed by atoms with E-state index in [0.29, 0.717) is 23.6 Å². The summed E-state index contributed by atoms with van der Waals surface area (Å²) in [5.41, 5.74) is 8.97. The number of nitrogens with zero attached hydrogens (tertiary/aromatic N) is 6. The lowest BCUT2D eigenvalue weighted by molar-refractivity contribution is 0.190. The van der Waals surface area contributed by atoms with Gasteiger partial charge in [-0.1, -0.05) is 6.07 Å². The Bertz CT molecular complexity index is 1100. The van der Waals surface area contributed by atoms with Crippen LogP contribution in [-0.2, 0) is 13.1 Å². The molecule has 1 fully saturated rings. The first-order chi connectivity index (χ1) is 14.8. The van der Waals surface area contributed by atoms with Gasteiger partial charge in [0.25, 0.3) is 0 Å². The van der Waals surface area contributed by atoms with Crippen LogP contribution in [0.25, 0.3) is 17.2 Å². The summed E-state index contributed by atoms with van der Waals surface area (Å²) in [7, 11) is 0. The highest BCUT2D eigenvalue weighted by Gasteiger charge is 2.21. The minimum absolute atomic E-state index is 0.317. The minimum Gasteiger partial charge on any atom is -0.461 e. The van der Waals surface area contributed by atoms with Crippen molar-refractivity contribution in [1.29, 1.82) is 0 Å². The van der Waals surface area contributed by atoms with E-state index < -0.39 is 0 Å². The van der Waals surface area contributed by atoms with E-state index in [9.17, 15) is 0 Å². The molecular weight excluding hydrogens is 380 g/mol. The molecule has 1 aliphatic rings. The van der Waals surface area contributed by atoms with Gasteiger partial charge in [-0.3, -0.25) is 9.88 Å². The van der Waals surface area contributed by atoms with E-state index >= 15 is 0 Å². The van der Waals surface area contributed by atoms with Crippen molar-refractivity contribution in [2.45, 2.75) is 32.0 Å².